The van der Waals surface area contributed by atoms with E-state index in [2.05, 4.69) is 12.2 Å². The molecule has 0 radical (unpaired) electrons. The van der Waals surface area contributed by atoms with Crippen LogP contribution in [0.2, 0.25) is 0 Å². The molecule has 26 heavy (non-hydrogen) atoms. The van der Waals surface area contributed by atoms with Crippen molar-refractivity contribution in [2.45, 2.75) is 39.5 Å². The van der Waals surface area contributed by atoms with Crippen molar-refractivity contribution in [3.8, 4) is 0 Å². The van der Waals surface area contributed by atoms with Crippen LogP contribution in [0.3, 0.4) is 0 Å². The van der Waals surface area contributed by atoms with E-state index in [4.69, 9.17) is 0 Å². The molecular formula is C22H26N2O2. The lowest BCUT2D eigenvalue weighted by Crippen LogP contribution is -2.32. The van der Waals surface area contributed by atoms with Gasteiger partial charge in [0.05, 0.1) is 0 Å². The second kappa shape index (κ2) is 7.73. The second-order valence-corrected chi connectivity index (χ2v) is 7.30. The highest BCUT2D eigenvalue weighted by Crippen LogP contribution is 2.31. The molecule has 1 atom stereocenters. The number of carbonyl (C=O) groups excluding carboxylic acids is 2. The number of fused-ring (bicyclic) bond motifs is 1. The van der Waals surface area contributed by atoms with Gasteiger partial charge in [0.1, 0.15) is 0 Å². The van der Waals surface area contributed by atoms with Crippen LogP contribution in [-0.2, 0) is 16.0 Å². The Labute approximate surface area is 155 Å². The first kappa shape index (κ1) is 18.2. The molecule has 1 unspecified atom stereocenters. The van der Waals surface area contributed by atoms with Crippen LogP contribution in [0.1, 0.15) is 44.2 Å². The van der Waals surface area contributed by atoms with E-state index >= 15 is 0 Å². The molecular weight excluding hydrogens is 324 g/mol. The Morgan fingerprint density at radius 2 is 1.81 bits per heavy atom. The van der Waals surface area contributed by atoms with Gasteiger partial charge in [-0.2, -0.15) is 0 Å². The van der Waals surface area contributed by atoms with Gasteiger partial charge in [-0.25, -0.2) is 0 Å². The van der Waals surface area contributed by atoms with Gasteiger partial charge in [-0.3, -0.25) is 9.59 Å². The monoisotopic (exact) mass is 350 g/mol. The zero-order valence-electron chi connectivity index (χ0n) is 15.7. The Balaban J connectivity index is 1.65. The minimum absolute atomic E-state index is 0.00872. The van der Waals surface area contributed by atoms with Gasteiger partial charge in [0.25, 0.3) is 0 Å². The minimum Gasteiger partial charge on any atom is -0.326 e. The summed E-state index contributed by atoms with van der Waals surface area (Å²) in [6.07, 6.45) is 1.27. The summed E-state index contributed by atoms with van der Waals surface area (Å²) in [5.41, 5.74) is 4.06. The molecule has 0 aromatic heterocycles. The second-order valence-electron chi connectivity index (χ2n) is 7.30. The molecule has 0 saturated heterocycles. The van der Waals surface area contributed by atoms with Crippen LogP contribution in [-0.4, -0.2) is 18.4 Å². The normalized spacial score (nSPS) is 14.2. The number of benzene rings is 2. The average Bonchev–Trinajstić information content (AvgIpc) is 3.04. The Morgan fingerprint density at radius 1 is 1.08 bits per heavy atom. The van der Waals surface area contributed by atoms with E-state index in [1.807, 2.05) is 67.3 Å². The van der Waals surface area contributed by atoms with Gasteiger partial charge in [-0.05, 0) is 41.7 Å². The zero-order valence-corrected chi connectivity index (χ0v) is 15.7. The SMILES string of the molecule is CC(C)C(=O)N1CCc2cc(NC(=O)CC(C)c3ccccc3)ccc21. The van der Waals surface area contributed by atoms with Crippen molar-refractivity contribution in [3.63, 3.8) is 0 Å². The summed E-state index contributed by atoms with van der Waals surface area (Å²) < 4.78 is 0. The first-order valence-electron chi connectivity index (χ1n) is 9.25. The number of hydrogen-bond acceptors (Lipinski definition) is 2. The predicted molar refractivity (Wildman–Crippen MR) is 105 cm³/mol. The molecule has 0 bridgehead atoms. The van der Waals surface area contributed by atoms with Gasteiger partial charge < -0.3 is 10.2 Å². The highest BCUT2D eigenvalue weighted by atomic mass is 16.2. The predicted octanol–water partition coefficient (Wildman–Crippen LogP) is 4.36. The molecule has 0 aliphatic carbocycles. The topological polar surface area (TPSA) is 49.4 Å². The lowest BCUT2D eigenvalue weighted by atomic mass is 9.97. The van der Waals surface area contributed by atoms with E-state index in [1.54, 1.807) is 0 Å². The van der Waals surface area contributed by atoms with Crippen LogP contribution >= 0.6 is 0 Å². The number of nitrogens with one attached hydrogen (secondary N) is 1. The van der Waals surface area contributed by atoms with Gasteiger partial charge >= 0.3 is 0 Å². The van der Waals surface area contributed by atoms with Crippen molar-refractivity contribution in [1.82, 2.24) is 0 Å². The quantitative estimate of drug-likeness (QED) is 0.871. The van der Waals surface area contributed by atoms with Gasteiger partial charge in [0, 0.05) is 30.3 Å². The summed E-state index contributed by atoms with van der Waals surface area (Å²) in [6, 6.07) is 15.9. The Bertz CT molecular complexity index is 799. The molecule has 0 fully saturated rings. The fourth-order valence-corrected chi connectivity index (χ4v) is 3.41. The first-order valence-corrected chi connectivity index (χ1v) is 9.25. The lowest BCUT2D eigenvalue weighted by molar-refractivity contribution is -0.121. The maximum atomic E-state index is 12.4. The summed E-state index contributed by atoms with van der Waals surface area (Å²) in [6.45, 7) is 6.62. The van der Waals surface area contributed by atoms with E-state index in [0.717, 1.165) is 29.9 Å². The number of amides is 2. The fourth-order valence-electron chi connectivity index (χ4n) is 3.41. The molecule has 2 aromatic rings. The minimum atomic E-state index is -0.0141. The number of anilines is 2. The molecule has 4 nitrogen and oxygen atoms in total. The molecule has 1 heterocycles. The van der Waals surface area contributed by atoms with Gasteiger partial charge in [-0.15, -0.1) is 0 Å². The van der Waals surface area contributed by atoms with Crippen molar-refractivity contribution in [2.24, 2.45) is 5.92 Å². The summed E-state index contributed by atoms with van der Waals surface area (Å²) in [4.78, 5) is 26.5. The van der Waals surface area contributed by atoms with Crippen LogP contribution in [0.25, 0.3) is 0 Å². The number of hydrogen-bond donors (Lipinski definition) is 1. The Kier molecular flexibility index (Phi) is 5.40. The van der Waals surface area contributed by atoms with Crippen LogP contribution in [0.4, 0.5) is 11.4 Å². The average molecular weight is 350 g/mol. The molecule has 1 N–H and O–H groups in total. The Morgan fingerprint density at radius 3 is 2.50 bits per heavy atom. The molecule has 3 rings (SSSR count). The maximum Gasteiger partial charge on any atom is 0.229 e. The fraction of sp³-hybridized carbons (Fsp3) is 0.364. The maximum absolute atomic E-state index is 12.4. The van der Waals surface area contributed by atoms with E-state index in [9.17, 15) is 9.59 Å². The highest BCUT2D eigenvalue weighted by molar-refractivity contribution is 5.97. The van der Waals surface area contributed by atoms with Crippen molar-refractivity contribution < 1.29 is 9.59 Å². The van der Waals surface area contributed by atoms with Crippen LogP contribution < -0.4 is 10.2 Å². The number of nitrogens with zero attached hydrogens (tertiary/aromatic N) is 1. The van der Waals surface area contributed by atoms with Crippen molar-refractivity contribution in [1.29, 1.82) is 0 Å². The molecule has 2 aromatic carbocycles. The van der Waals surface area contributed by atoms with Crippen LogP contribution in [0.5, 0.6) is 0 Å². The smallest absolute Gasteiger partial charge is 0.229 e. The molecule has 2 amide bonds. The van der Waals surface area contributed by atoms with Crippen molar-refractivity contribution in [3.05, 3.63) is 59.7 Å². The Hall–Kier alpha value is -2.62. The van der Waals surface area contributed by atoms with Crippen molar-refractivity contribution >= 4 is 23.2 Å². The summed E-state index contributed by atoms with van der Waals surface area (Å²) in [5.74, 6) is 0.316. The van der Waals surface area contributed by atoms with E-state index in [0.29, 0.717) is 6.42 Å². The summed E-state index contributed by atoms with van der Waals surface area (Å²) >= 11 is 0. The van der Waals surface area contributed by atoms with E-state index in [-0.39, 0.29) is 23.7 Å². The third-order valence-electron chi connectivity index (χ3n) is 4.88. The molecule has 4 heteroatoms. The zero-order chi connectivity index (χ0) is 18.7. The standard InChI is InChI=1S/C22H26N2O2/c1-15(2)22(26)24-12-11-18-14-19(9-10-20(18)24)23-21(25)13-16(3)17-7-5-4-6-8-17/h4-10,14-16H,11-13H2,1-3H3,(H,23,25). The third kappa shape index (κ3) is 3.96. The van der Waals surface area contributed by atoms with Crippen LogP contribution in [0.15, 0.2) is 48.5 Å². The number of carbonyl (C=O) groups is 2. The van der Waals surface area contributed by atoms with E-state index < -0.39 is 0 Å². The van der Waals surface area contributed by atoms with Crippen LogP contribution in [0, 0.1) is 5.92 Å². The summed E-state index contributed by atoms with van der Waals surface area (Å²) in [5, 5.41) is 3.00. The largest absolute Gasteiger partial charge is 0.326 e. The molecule has 1 aliphatic rings. The molecule has 1 aliphatic heterocycles. The first-order chi connectivity index (χ1) is 12.5. The van der Waals surface area contributed by atoms with Crippen molar-refractivity contribution in [2.75, 3.05) is 16.8 Å². The molecule has 0 spiro atoms. The lowest BCUT2D eigenvalue weighted by Gasteiger charge is -2.19. The van der Waals surface area contributed by atoms with Gasteiger partial charge in [0.15, 0.2) is 0 Å². The van der Waals surface area contributed by atoms with Gasteiger partial charge in [-0.1, -0.05) is 51.1 Å². The highest BCUT2D eigenvalue weighted by Gasteiger charge is 2.26. The molecule has 0 saturated carbocycles. The molecule has 136 valence electrons. The van der Waals surface area contributed by atoms with Gasteiger partial charge in [0.2, 0.25) is 11.8 Å². The third-order valence-corrected chi connectivity index (χ3v) is 4.88. The number of rotatable bonds is 5. The van der Waals surface area contributed by atoms with E-state index in [1.165, 1.54) is 5.56 Å². The summed E-state index contributed by atoms with van der Waals surface area (Å²) in [7, 11) is 0.